The van der Waals surface area contributed by atoms with Crippen molar-refractivity contribution in [3.8, 4) is 0 Å². The molecular weight excluding hydrogens is 242 g/mol. The monoisotopic (exact) mass is 265 g/mol. The van der Waals surface area contributed by atoms with E-state index in [0.717, 1.165) is 38.8 Å². The molecule has 0 saturated carbocycles. The molecule has 3 heterocycles. The number of amides is 2. The van der Waals surface area contributed by atoms with E-state index in [1.54, 1.807) is 0 Å². The van der Waals surface area contributed by atoms with Gasteiger partial charge in [0.1, 0.15) is 0 Å². The molecule has 0 radical (unpaired) electrons. The molecule has 3 rings (SSSR count). The van der Waals surface area contributed by atoms with Crippen LogP contribution >= 0.6 is 0 Å². The first-order chi connectivity index (χ1) is 9.15. The molecule has 3 aliphatic heterocycles. The molecule has 0 aromatic heterocycles. The standard InChI is InChI=1S/C14H23N3O2/c1-10-3-2-4-12(15-10)14(19)16-7-8-17-11(9-16)5-6-13(17)18/h10-12,15H,2-9H2,1H3. The van der Waals surface area contributed by atoms with E-state index in [9.17, 15) is 9.59 Å². The van der Waals surface area contributed by atoms with Gasteiger partial charge in [0.15, 0.2) is 0 Å². The number of fused-ring (bicyclic) bond motifs is 1. The molecule has 19 heavy (non-hydrogen) atoms. The second kappa shape index (κ2) is 5.12. The SMILES string of the molecule is CC1CCCC(C(=O)N2CCN3C(=O)CCC3C2)N1. The van der Waals surface area contributed by atoms with Gasteiger partial charge in [-0.1, -0.05) is 0 Å². The van der Waals surface area contributed by atoms with Crippen LogP contribution in [-0.2, 0) is 9.59 Å². The largest absolute Gasteiger partial charge is 0.338 e. The van der Waals surface area contributed by atoms with Crippen molar-refractivity contribution in [2.24, 2.45) is 0 Å². The Morgan fingerprint density at radius 2 is 2.11 bits per heavy atom. The zero-order chi connectivity index (χ0) is 13.4. The number of nitrogens with one attached hydrogen (secondary N) is 1. The van der Waals surface area contributed by atoms with Gasteiger partial charge in [-0.3, -0.25) is 9.59 Å². The number of piperazine rings is 1. The van der Waals surface area contributed by atoms with E-state index in [2.05, 4.69) is 12.2 Å². The van der Waals surface area contributed by atoms with E-state index < -0.39 is 0 Å². The van der Waals surface area contributed by atoms with Crippen LogP contribution in [0.25, 0.3) is 0 Å². The molecule has 3 saturated heterocycles. The summed E-state index contributed by atoms with van der Waals surface area (Å²) in [6, 6.07) is 0.704. The number of rotatable bonds is 1. The molecule has 2 amide bonds. The molecule has 3 fully saturated rings. The zero-order valence-corrected chi connectivity index (χ0v) is 11.6. The Kier molecular flexibility index (Phi) is 3.48. The predicted octanol–water partition coefficient (Wildman–Crippen LogP) is 0.350. The van der Waals surface area contributed by atoms with Gasteiger partial charge in [-0.25, -0.2) is 0 Å². The summed E-state index contributed by atoms with van der Waals surface area (Å²) in [6.45, 7) is 4.30. The molecule has 0 aromatic rings. The number of carbonyl (C=O) groups is 2. The summed E-state index contributed by atoms with van der Waals surface area (Å²) < 4.78 is 0. The lowest BCUT2D eigenvalue weighted by Gasteiger charge is -2.40. The first-order valence-corrected chi connectivity index (χ1v) is 7.49. The summed E-state index contributed by atoms with van der Waals surface area (Å²) in [5, 5.41) is 3.41. The van der Waals surface area contributed by atoms with E-state index in [1.165, 1.54) is 0 Å². The van der Waals surface area contributed by atoms with Gasteiger partial charge in [-0.15, -0.1) is 0 Å². The topological polar surface area (TPSA) is 52.7 Å². The van der Waals surface area contributed by atoms with Crippen LogP contribution in [0.3, 0.4) is 0 Å². The van der Waals surface area contributed by atoms with Crippen molar-refractivity contribution >= 4 is 11.8 Å². The molecule has 3 unspecified atom stereocenters. The van der Waals surface area contributed by atoms with Crippen LogP contribution in [0, 0.1) is 0 Å². The molecule has 5 nitrogen and oxygen atoms in total. The second-order valence-electron chi connectivity index (χ2n) is 6.12. The smallest absolute Gasteiger partial charge is 0.239 e. The van der Waals surface area contributed by atoms with Crippen LogP contribution < -0.4 is 5.32 Å². The zero-order valence-electron chi connectivity index (χ0n) is 11.6. The lowest BCUT2D eigenvalue weighted by Crippen LogP contribution is -2.58. The Morgan fingerprint density at radius 1 is 1.26 bits per heavy atom. The summed E-state index contributed by atoms with van der Waals surface area (Å²) in [7, 11) is 0. The van der Waals surface area contributed by atoms with Gasteiger partial charge in [-0.2, -0.15) is 0 Å². The van der Waals surface area contributed by atoms with Crippen molar-refractivity contribution < 1.29 is 9.59 Å². The van der Waals surface area contributed by atoms with Crippen molar-refractivity contribution in [2.75, 3.05) is 19.6 Å². The van der Waals surface area contributed by atoms with Gasteiger partial charge < -0.3 is 15.1 Å². The minimum atomic E-state index is -0.00703. The number of carbonyl (C=O) groups excluding carboxylic acids is 2. The third kappa shape index (κ3) is 2.48. The van der Waals surface area contributed by atoms with Crippen molar-refractivity contribution in [2.45, 2.75) is 57.2 Å². The summed E-state index contributed by atoms with van der Waals surface area (Å²) in [6.07, 6.45) is 4.82. The molecule has 106 valence electrons. The van der Waals surface area contributed by atoms with Gasteiger partial charge in [0.05, 0.1) is 6.04 Å². The molecule has 0 aromatic carbocycles. The van der Waals surface area contributed by atoms with Gasteiger partial charge in [-0.05, 0) is 32.6 Å². The summed E-state index contributed by atoms with van der Waals surface area (Å²) in [5.41, 5.74) is 0. The van der Waals surface area contributed by atoms with Crippen molar-refractivity contribution in [1.82, 2.24) is 15.1 Å². The quantitative estimate of drug-likeness (QED) is 0.744. The summed E-state index contributed by atoms with van der Waals surface area (Å²) >= 11 is 0. The lowest BCUT2D eigenvalue weighted by molar-refractivity contribution is -0.141. The van der Waals surface area contributed by atoms with Gasteiger partial charge in [0.25, 0.3) is 0 Å². The highest BCUT2D eigenvalue weighted by atomic mass is 16.2. The Bertz CT molecular complexity index is 385. The van der Waals surface area contributed by atoms with Gasteiger partial charge >= 0.3 is 0 Å². The van der Waals surface area contributed by atoms with Crippen LogP contribution in [0.5, 0.6) is 0 Å². The highest BCUT2D eigenvalue weighted by Gasteiger charge is 2.38. The average molecular weight is 265 g/mol. The fraction of sp³-hybridized carbons (Fsp3) is 0.857. The third-order valence-electron chi connectivity index (χ3n) is 4.72. The molecule has 3 aliphatic rings. The number of hydrogen-bond acceptors (Lipinski definition) is 3. The van der Waals surface area contributed by atoms with Crippen molar-refractivity contribution in [3.05, 3.63) is 0 Å². The normalized spacial score (nSPS) is 35.4. The second-order valence-corrected chi connectivity index (χ2v) is 6.12. The van der Waals surface area contributed by atoms with E-state index in [1.807, 2.05) is 9.80 Å². The lowest BCUT2D eigenvalue weighted by atomic mass is 9.98. The number of hydrogen-bond donors (Lipinski definition) is 1. The minimum absolute atomic E-state index is 0.00703. The Morgan fingerprint density at radius 3 is 2.89 bits per heavy atom. The molecule has 0 aliphatic carbocycles. The molecule has 3 atom stereocenters. The molecule has 0 bridgehead atoms. The van der Waals surface area contributed by atoms with Gasteiger partial charge in [0, 0.05) is 38.1 Å². The highest BCUT2D eigenvalue weighted by Crippen LogP contribution is 2.24. The van der Waals surface area contributed by atoms with Crippen LogP contribution in [0.2, 0.25) is 0 Å². The number of nitrogens with zero attached hydrogens (tertiary/aromatic N) is 2. The minimum Gasteiger partial charge on any atom is -0.338 e. The van der Waals surface area contributed by atoms with Crippen LogP contribution in [0.4, 0.5) is 0 Å². The molecule has 1 N–H and O–H groups in total. The molecular formula is C14H23N3O2. The van der Waals surface area contributed by atoms with E-state index in [0.29, 0.717) is 19.0 Å². The highest BCUT2D eigenvalue weighted by molar-refractivity contribution is 5.83. The Hall–Kier alpha value is -1.10. The first kappa shape index (κ1) is 12.9. The Labute approximate surface area is 114 Å². The fourth-order valence-corrected chi connectivity index (χ4v) is 3.62. The average Bonchev–Trinajstić information content (AvgIpc) is 2.79. The van der Waals surface area contributed by atoms with E-state index >= 15 is 0 Å². The fourth-order valence-electron chi connectivity index (χ4n) is 3.62. The Balaban J connectivity index is 1.60. The molecule has 5 heteroatoms. The van der Waals surface area contributed by atoms with Crippen LogP contribution in [0.15, 0.2) is 0 Å². The number of piperidine rings is 1. The predicted molar refractivity (Wildman–Crippen MR) is 71.6 cm³/mol. The third-order valence-corrected chi connectivity index (χ3v) is 4.72. The maximum absolute atomic E-state index is 12.5. The summed E-state index contributed by atoms with van der Waals surface area (Å²) in [5.74, 6) is 0.507. The van der Waals surface area contributed by atoms with E-state index in [-0.39, 0.29) is 23.9 Å². The first-order valence-electron chi connectivity index (χ1n) is 7.49. The van der Waals surface area contributed by atoms with Crippen LogP contribution in [0.1, 0.15) is 39.0 Å². The van der Waals surface area contributed by atoms with Crippen molar-refractivity contribution in [1.29, 1.82) is 0 Å². The van der Waals surface area contributed by atoms with Crippen LogP contribution in [-0.4, -0.2) is 59.4 Å². The maximum atomic E-state index is 12.5. The summed E-state index contributed by atoms with van der Waals surface area (Å²) in [4.78, 5) is 28.1. The van der Waals surface area contributed by atoms with E-state index in [4.69, 9.17) is 0 Å². The maximum Gasteiger partial charge on any atom is 0.239 e. The molecule has 0 spiro atoms. The van der Waals surface area contributed by atoms with Crippen molar-refractivity contribution in [3.63, 3.8) is 0 Å². The van der Waals surface area contributed by atoms with Gasteiger partial charge in [0.2, 0.25) is 11.8 Å².